The summed E-state index contributed by atoms with van der Waals surface area (Å²) in [5.74, 6) is 0.344. The molecule has 0 fully saturated rings. The van der Waals surface area contributed by atoms with Crippen molar-refractivity contribution in [3.63, 3.8) is 0 Å². The molecule has 0 radical (unpaired) electrons. The van der Waals surface area contributed by atoms with Crippen LogP contribution in [0.1, 0.15) is 23.7 Å². The second-order valence-corrected chi connectivity index (χ2v) is 4.82. The second kappa shape index (κ2) is 7.83. The highest BCUT2D eigenvalue weighted by atomic mass is 16.6. The molecule has 0 aliphatic heterocycles. The molecular formula is C15H17N5O3. The maximum absolute atomic E-state index is 11.3. The van der Waals surface area contributed by atoms with E-state index in [9.17, 15) is 14.9 Å². The molecule has 0 spiro atoms. The molecule has 0 amide bonds. The Hall–Kier alpha value is -3.03. The average Bonchev–Trinajstić information content (AvgIpc) is 2.55. The van der Waals surface area contributed by atoms with Gasteiger partial charge in [0.2, 0.25) is 5.95 Å². The Bertz CT molecular complexity index is 691. The van der Waals surface area contributed by atoms with Crippen molar-refractivity contribution in [2.45, 2.75) is 13.3 Å². The first-order chi connectivity index (χ1) is 11.1. The van der Waals surface area contributed by atoms with Crippen LogP contribution < -0.4 is 10.6 Å². The fourth-order valence-corrected chi connectivity index (χ4v) is 1.95. The number of carbonyl (C=O) groups excluding carboxylic acids is 1. The predicted molar refractivity (Wildman–Crippen MR) is 86.7 cm³/mol. The molecule has 2 rings (SSSR count). The highest BCUT2D eigenvalue weighted by Gasteiger charge is 2.15. The van der Waals surface area contributed by atoms with Gasteiger partial charge in [-0.05, 0) is 31.5 Å². The van der Waals surface area contributed by atoms with E-state index in [1.165, 1.54) is 13.0 Å². The zero-order valence-electron chi connectivity index (χ0n) is 12.7. The highest BCUT2D eigenvalue weighted by Crippen LogP contribution is 2.25. The van der Waals surface area contributed by atoms with Gasteiger partial charge in [-0.2, -0.15) is 0 Å². The number of nitro groups is 1. The summed E-state index contributed by atoms with van der Waals surface area (Å²) in [6.45, 7) is 2.56. The molecule has 0 atom stereocenters. The molecule has 1 aromatic heterocycles. The van der Waals surface area contributed by atoms with Crippen LogP contribution in [0.15, 0.2) is 36.7 Å². The molecule has 23 heavy (non-hydrogen) atoms. The van der Waals surface area contributed by atoms with Crippen molar-refractivity contribution in [1.29, 1.82) is 0 Å². The summed E-state index contributed by atoms with van der Waals surface area (Å²) in [5, 5.41) is 17.2. The Labute approximate surface area is 133 Å². The topological polar surface area (TPSA) is 110 Å². The summed E-state index contributed by atoms with van der Waals surface area (Å²) in [6, 6.07) is 6.16. The van der Waals surface area contributed by atoms with Crippen molar-refractivity contribution in [2.24, 2.45) is 0 Å². The van der Waals surface area contributed by atoms with Crippen LogP contribution in [0.5, 0.6) is 0 Å². The van der Waals surface area contributed by atoms with Gasteiger partial charge in [0.1, 0.15) is 5.69 Å². The predicted octanol–water partition coefficient (Wildman–Crippen LogP) is 2.50. The summed E-state index contributed by atoms with van der Waals surface area (Å²) in [6.07, 6.45) is 4.02. The Morgan fingerprint density at radius 3 is 2.57 bits per heavy atom. The molecule has 8 nitrogen and oxygen atoms in total. The summed E-state index contributed by atoms with van der Waals surface area (Å²) >= 11 is 0. The number of aromatic nitrogens is 2. The molecule has 1 heterocycles. The molecule has 0 saturated heterocycles. The Morgan fingerprint density at radius 1 is 1.22 bits per heavy atom. The lowest BCUT2D eigenvalue weighted by Gasteiger charge is -2.08. The minimum Gasteiger partial charge on any atom is -0.379 e. The summed E-state index contributed by atoms with van der Waals surface area (Å²) in [4.78, 5) is 30.0. The van der Waals surface area contributed by atoms with Gasteiger partial charge in [-0.25, -0.2) is 9.97 Å². The molecule has 1 aromatic carbocycles. The van der Waals surface area contributed by atoms with Gasteiger partial charge in [0.05, 0.1) is 4.92 Å². The van der Waals surface area contributed by atoms with Crippen molar-refractivity contribution >= 4 is 23.1 Å². The number of Topliss-reactive ketones (excluding diaryl/α,β-unsaturated/α-hetero) is 1. The van der Waals surface area contributed by atoms with Gasteiger partial charge in [0.15, 0.2) is 5.78 Å². The van der Waals surface area contributed by atoms with E-state index in [0.717, 1.165) is 6.42 Å². The Balaban J connectivity index is 1.87. The number of hydrogen-bond acceptors (Lipinski definition) is 7. The second-order valence-electron chi connectivity index (χ2n) is 4.82. The normalized spacial score (nSPS) is 10.1. The van der Waals surface area contributed by atoms with Crippen LogP contribution in [0.2, 0.25) is 0 Å². The fraction of sp³-hybridized carbons (Fsp3) is 0.267. The number of ketones is 1. The molecular weight excluding hydrogens is 298 g/mol. The van der Waals surface area contributed by atoms with E-state index in [2.05, 4.69) is 20.6 Å². The van der Waals surface area contributed by atoms with Gasteiger partial charge in [-0.15, -0.1) is 0 Å². The van der Waals surface area contributed by atoms with E-state index >= 15 is 0 Å². The van der Waals surface area contributed by atoms with Crippen LogP contribution in [0, 0.1) is 10.1 Å². The zero-order valence-corrected chi connectivity index (χ0v) is 12.7. The lowest BCUT2D eigenvalue weighted by Crippen LogP contribution is -2.11. The van der Waals surface area contributed by atoms with Crippen LogP contribution in [0.4, 0.5) is 17.3 Å². The standard InChI is InChI=1S/C15H17N5O3/c1-11(21)12-4-5-13(14(10-12)20(22)23)16-6-2-7-17-15-18-8-3-9-19-15/h3-5,8-10,16H,2,6-7H2,1H3,(H,17,18,19). The van der Waals surface area contributed by atoms with Crippen LogP contribution in [-0.2, 0) is 0 Å². The zero-order chi connectivity index (χ0) is 16.7. The van der Waals surface area contributed by atoms with E-state index in [1.807, 2.05) is 0 Å². The molecule has 8 heteroatoms. The third kappa shape index (κ3) is 4.73. The van der Waals surface area contributed by atoms with E-state index < -0.39 is 4.92 Å². The van der Waals surface area contributed by atoms with E-state index in [1.54, 1.807) is 30.6 Å². The third-order valence-electron chi connectivity index (χ3n) is 3.12. The number of nitrogens with one attached hydrogen (secondary N) is 2. The molecule has 0 aliphatic carbocycles. The maximum atomic E-state index is 11.3. The molecule has 0 saturated carbocycles. The molecule has 120 valence electrons. The van der Waals surface area contributed by atoms with Crippen molar-refractivity contribution in [3.05, 3.63) is 52.3 Å². The van der Waals surface area contributed by atoms with Gasteiger partial charge in [0, 0.05) is 37.1 Å². The first-order valence-corrected chi connectivity index (χ1v) is 7.12. The molecule has 2 N–H and O–H groups in total. The minimum atomic E-state index is -0.495. The maximum Gasteiger partial charge on any atom is 0.293 e. The Morgan fingerprint density at radius 2 is 1.91 bits per heavy atom. The number of rotatable bonds is 8. The highest BCUT2D eigenvalue weighted by molar-refractivity contribution is 5.95. The van der Waals surface area contributed by atoms with Crippen LogP contribution >= 0.6 is 0 Å². The quantitative estimate of drug-likeness (QED) is 0.333. The average molecular weight is 315 g/mol. The van der Waals surface area contributed by atoms with Crippen molar-refractivity contribution in [3.8, 4) is 0 Å². The van der Waals surface area contributed by atoms with Gasteiger partial charge in [0.25, 0.3) is 5.69 Å². The minimum absolute atomic E-state index is 0.1000. The molecule has 0 aliphatic rings. The number of hydrogen-bond donors (Lipinski definition) is 2. The van der Waals surface area contributed by atoms with Gasteiger partial charge >= 0.3 is 0 Å². The number of nitrogens with zero attached hydrogens (tertiary/aromatic N) is 3. The van der Waals surface area contributed by atoms with Gasteiger partial charge < -0.3 is 10.6 Å². The molecule has 0 bridgehead atoms. The monoisotopic (exact) mass is 315 g/mol. The van der Waals surface area contributed by atoms with Crippen molar-refractivity contribution in [2.75, 3.05) is 23.7 Å². The van der Waals surface area contributed by atoms with E-state index in [-0.39, 0.29) is 11.5 Å². The van der Waals surface area contributed by atoms with E-state index in [4.69, 9.17) is 0 Å². The molecule has 0 unspecified atom stereocenters. The van der Waals surface area contributed by atoms with Gasteiger partial charge in [-0.1, -0.05) is 0 Å². The largest absolute Gasteiger partial charge is 0.379 e. The van der Waals surface area contributed by atoms with Crippen molar-refractivity contribution < 1.29 is 9.72 Å². The fourth-order valence-electron chi connectivity index (χ4n) is 1.95. The van der Waals surface area contributed by atoms with Gasteiger partial charge in [-0.3, -0.25) is 14.9 Å². The SMILES string of the molecule is CC(=O)c1ccc(NCCCNc2ncccn2)c([N+](=O)[O-])c1. The van der Waals surface area contributed by atoms with Crippen molar-refractivity contribution in [1.82, 2.24) is 9.97 Å². The number of carbonyl (C=O) groups is 1. The summed E-state index contributed by atoms with van der Waals surface area (Å²) in [5.41, 5.74) is 0.623. The van der Waals surface area contributed by atoms with Crippen LogP contribution in [0.3, 0.4) is 0 Å². The Kier molecular flexibility index (Phi) is 5.56. The lowest BCUT2D eigenvalue weighted by atomic mass is 10.1. The summed E-state index contributed by atoms with van der Waals surface area (Å²) in [7, 11) is 0. The van der Waals surface area contributed by atoms with Crippen LogP contribution in [0.25, 0.3) is 0 Å². The lowest BCUT2D eigenvalue weighted by molar-refractivity contribution is -0.384. The smallest absolute Gasteiger partial charge is 0.293 e. The number of nitro benzene ring substituents is 1. The molecule has 2 aromatic rings. The number of anilines is 2. The van der Waals surface area contributed by atoms with E-state index in [0.29, 0.717) is 30.3 Å². The summed E-state index contributed by atoms with van der Waals surface area (Å²) < 4.78 is 0. The first kappa shape index (κ1) is 16.3. The first-order valence-electron chi connectivity index (χ1n) is 7.12. The van der Waals surface area contributed by atoms with Crippen LogP contribution in [-0.4, -0.2) is 33.8 Å². The third-order valence-corrected chi connectivity index (χ3v) is 3.12. The number of benzene rings is 1.